The van der Waals surface area contributed by atoms with Crippen LogP contribution in [0.3, 0.4) is 0 Å². The molecule has 0 aliphatic carbocycles. The Morgan fingerprint density at radius 3 is 1.93 bits per heavy atom. The zero-order valence-corrected chi connectivity index (χ0v) is 27.6. The van der Waals surface area contributed by atoms with Gasteiger partial charge < -0.3 is 39.8 Å². The van der Waals surface area contributed by atoms with Gasteiger partial charge in [-0.25, -0.2) is 19.1 Å². The second-order valence-electron chi connectivity index (χ2n) is 13.7. The van der Waals surface area contributed by atoms with Crippen molar-refractivity contribution in [2.45, 2.75) is 110 Å². The number of aromatic nitrogens is 3. The average Bonchev–Trinajstić information content (AvgIpc) is 3.35. The van der Waals surface area contributed by atoms with Gasteiger partial charge in [0.25, 0.3) is 0 Å². The lowest BCUT2D eigenvalue weighted by atomic mass is 10.1. The number of rotatable bonds is 10. The normalized spacial score (nSPS) is 15.7. The Morgan fingerprint density at radius 1 is 0.841 bits per heavy atom. The first kappa shape index (κ1) is 36.6. The molecule has 1 aliphatic heterocycles. The number of alkyl carbamates (subject to hydrolysis) is 2. The van der Waals surface area contributed by atoms with Gasteiger partial charge in [0, 0.05) is 32.7 Å². The van der Waals surface area contributed by atoms with E-state index in [1.54, 1.807) is 72.1 Å². The monoisotopic (exact) mass is 625 g/mol. The van der Waals surface area contributed by atoms with Gasteiger partial charge in [-0.15, -0.1) is 5.10 Å². The van der Waals surface area contributed by atoms with Crippen LogP contribution in [0.5, 0.6) is 0 Å². The molecule has 2 atom stereocenters. The van der Waals surface area contributed by atoms with Gasteiger partial charge in [0.1, 0.15) is 34.6 Å². The Kier molecular flexibility index (Phi) is 12.8. The van der Waals surface area contributed by atoms with Crippen LogP contribution in [0.25, 0.3) is 0 Å². The van der Waals surface area contributed by atoms with Gasteiger partial charge >= 0.3 is 18.3 Å². The van der Waals surface area contributed by atoms with Crippen LogP contribution < -0.4 is 10.6 Å². The van der Waals surface area contributed by atoms with Crippen molar-refractivity contribution >= 4 is 24.2 Å². The maximum Gasteiger partial charge on any atom is 0.410 e. The topological polar surface area (TPSA) is 177 Å². The average molecular weight is 626 g/mol. The van der Waals surface area contributed by atoms with Crippen molar-refractivity contribution in [3.05, 3.63) is 11.9 Å². The minimum Gasteiger partial charge on any atom is -0.444 e. The van der Waals surface area contributed by atoms with Crippen molar-refractivity contribution < 1.29 is 38.5 Å². The molecule has 1 aliphatic rings. The van der Waals surface area contributed by atoms with Crippen LogP contribution in [0.4, 0.5) is 14.4 Å². The van der Waals surface area contributed by atoms with E-state index in [2.05, 4.69) is 20.9 Å². The summed E-state index contributed by atoms with van der Waals surface area (Å²) in [5.41, 5.74) is -1.70. The Labute approximate surface area is 259 Å². The molecule has 3 N–H and O–H groups in total. The highest BCUT2D eigenvalue weighted by atomic mass is 16.6. The van der Waals surface area contributed by atoms with E-state index in [1.165, 1.54) is 10.9 Å². The van der Waals surface area contributed by atoms with E-state index in [9.17, 15) is 24.3 Å². The number of piperazine rings is 1. The summed E-state index contributed by atoms with van der Waals surface area (Å²) < 4.78 is 17.4. The van der Waals surface area contributed by atoms with Gasteiger partial charge in [-0.1, -0.05) is 5.21 Å². The minimum atomic E-state index is -0.898. The first-order valence-corrected chi connectivity index (χ1v) is 15.0. The molecule has 4 amide bonds. The molecule has 0 saturated carbocycles. The Bertz CT molecular complexity index is 1110. The van der Waals surface area contributed by atoms with E-state index in [1.807, 2.05) is 0 Å². The number of carbonyl (C=O) groups excluding carboxylic acids is 4. The van der Waals surface area contributed by atoms with Crippen molar-refractivity contribution in [1.82, 2.24) is 35.4 Å². The molecule has 0 spiro atoms. The summed E-state index contributed by atoms with van der Waals surface area (Å²) in [5.74, 6) is -0.203. The maximum atomic E-state index is 13.8. The number of aliphatic hydroxyl groups is 1. The number of hydrogen-bond donors (Lipinski definition) is 3. The lowest BCUT2D eigenvalue weighted by Crippen LogP contribution is -2.53. The molecule has 15 nitrogen and oxygen atoms in total. The maximum absolute atomic E-state index is 13.8. The second-order valence-corrected chi connectivity index (χ2v) is 13.7. The molecule has 0 radical (unpaired) electrons. The van der Waals surface area contributed by atoms with E-state index in [0.717, 1.165) is 0 Å². The molecule has 1 aromatic heterocycles. The van der Waals surface area contributed by atoms with Gasteiger partial charge in [-0.05, 0) is 81.6 Å². The fraction of sp³-hybridized carbons (Fsp3) is 0.793. The van der Waals surface area contributed by atoms with Crippen molar-refractivity contribution in [1.29, 1.82) is 0 Å². The highest BCUT2D eigenvalue weighted by molar-refractivity contribution is 5.81. The van der Waals surface area contributed by atoms with Crippen LogP contribution in [0.15, 0.2) is 6.20 Å². The third kappa shape index (κ3) is 12.9. The van der Waals surface area contributed by atoms with Gasteiger partial charge in [0.2, 0.25) is 5.91 Å². The zero-order valence-electron chi connectivity index (χ0n) is 27.6. The van der Waals surface area contributed by atoms with Crippen molar-refractivity contribution in [3.8, 4) is 0 Å². The SMILES string of the molecule is CC(C)(C)OC(=O)NCCCC[C@@H](C(=O)N1CCN(C(=O)OC(C)(C)C)CC1)n1cc([C@H](CO)NC(=O)OC(C)(C)C)nn1. The summed E-state index contributed by atoms with van der Waals surface area (Å²) in [6, 6.07) is -1.64. The third-order valence-corrected chi connectivity index (χ3v) is 6.18. The summed E-state index contributed by atoms with van der Waals surface area (Å²) in [4.78, 5) is 53.8. The molecule has 0 unspecified atom stereocenters. The van der Waals surface area contributed by atoms with E-state index < -0.39 is 53.8 Å². The summed E-state index contributed by atoms with van der Waals surface area (Å²) in [5, 5.41) is 23.5. The number of amides is 4. The minimum absolute atomic E-state index is 0.203. The predicted molar refractivity (Wildman–Crippen MR) is 161 cm³/mol. The number of unbranched alkanes of at least 4 members (excludes halogenated alkanes) is 1. The summed E-state index contributed by atoms with van der Waals surface area (Å²) in [7, 11) is 0. The highest BCUT2D eigenvalue weighted by Gasteiger charge is 2.33. The first-order valence-electron chi connectivity index (χ1n) is 15.0. The van der Waals surface area contributed by atoms with E-state index in [-0.39, 0.29) is 11.6 Å². The smallest absolute Gasteiger partial charge is 0.410 e. The lowest BCUT2D eigenvalue weighted by Gasteiger charge is -2.37. The van der Waals surface area contributed by atoms with E-state index >= 15 is 0 Å². The molecule has 15 heteroatoms. The van der Waals surface area contributed by atoms with E-state index in [0.29, 0.717) is 52.0 Å². The Morgan fingerprint density at radius 2 is 1.39 bits per heavy atom. The number of hydrogen-bond acceptors (Lipinski definition) is 10. The number of ether oxygens (including phenoxy) is 3. The number of aliphatic hydroxyl groups excluding tert-OH is 1. The van der Waals surface area contributed by atoms with Crippen molar-refractivity contribution in [2.24, 2.45) is 0 Å². The molecule has 0 aromatic carbocycles. The third-order valence-electron chi connectivity index (χ3n) is 6.18. The second kappa shape index (κ2) is 15.4. The van der Waals surface area contributed by atoms with Gasteiger partial charge in [0.15, 0.2) is 0 Å². The van der Waals surface area contributed by atoms with Crippen LogP contribution in [0.1, 0.15) is 99.4 Å². The number of nitrogens with one attached hydrogen (secondary N) is 2. The van der Waals surface area contributed by atoms with Crippen LogP contribution in [0, 0.1) is 0 Å². The van der Waals surface area contributed by atoms with Crippen LogP contribution in [0.2, 0.25) is 0 Å². The van der Waals surface area contributed by atoms with Crippen molar-refractivity contribution in [3.63, 3.8) is 0 Å². The van der Waals surface area contributed by atoms with E-state index in [4.69, 9.17) is 14.2 Å². The molecular weight excluding hydrogens is 574 g/mol. The number of nitrogens with zero attached hydrogens (tertiary/aromatic N) is 5. The first-order chi connectivity index (χ1) is 20.3. The fourth-order valence-electron chi connectivity index (χ4n) is 4.25. The summed E-state index contributed by atoms with van der Waals surface area (Å²) in [6.07, 6.45) is 1.40. The molecule has 1 aromatic rings. The highest BCUT2D eigenvalue weighted by Crippen LogP contribution is 2.22. The Balaban J connectivity index is 2.12. The molecule has 2 heterocycles. The van der Waals surface area contributed by atoms with Crippen molar-refractivity contribution in [2.75, 3.05) is 39.3 Å². The largest absolute Gasteiger partial charge is 0.444 e. The lowest BCUT2D eigenvalue weighted by molar-refractivity contribution is -0.137. The quantitative estimate of drug-likeness (QED) is 0.258. The molecule has 1 saturated heterocycles. The number of carbonyl (C=O) groups is 4. The molecule has 0 bridgehead atoms. The molecule has 44 heavy (non-hydrogen) atoms. The van der Waals surface area contributed by atoms with Crippen LogP contribution in [-0.4, -0.2) is 110 Å². The van der Waals surface area contributed by atoms with Gasteiger partial charge in [-0.2, -0.15) is 0 Å². The van der Waals surface area contributed by atoms with Gasteiger partial charge in [0.05, 0.1) is 12.8 Å². The molecular formula is C29H51N7O8. The summed E-state index contributed by atoms with van der Waals surface area (Å²) in [6.45, 7) is 17.1. The predicted octanol–water partition coefficient (Wildman–Crippen LogP) is 3.15. The standard InChI is InChI=1S/C29H51N7O8/c1-27(2,3)42-24(39)30-13-11-10-12-22(23(38)34-14-16-35(17-15-34)26(41)44-29(7,8)9)36-18-20(32-33-36)21(19-37)31-25(40)43-28(4,5)6/h18,21-22,37H,10-17,19H2,1-9H3,(H,30,39)(H,31,40)/t21-,22-/m0/s1. The zero-order chi connectivity index (χ0) is 33.3. The Hall–Kier alpha value is -3.62. The molecule has 1 fully saturated rings. The molecule has 2 rings (SSSR count). The van der Waals surface area contributed by atoms with Crippen LogP contribution in [-0.2, 0) is 19.0 Å². The fourth-order valence-corrected chi connectivity index (χ4v) is 4.25. The summed E-state index contributed by atoms with van der Waals surface area (Å²) >= 11 is 0. The van der Waals surface area contributed by atoms with Gasteiger partial charge in [-0.3, -0.25) is 4.79 Å². The van der Waals surface area contributed by atoms with Crippen LogP contribution >= 0.6 is 0 Å². The molecule has 250 valence electrons.